The van der Waals surface area contributed by atoms with E-state index in [-0.39, 0.29) is 0 Å². The van der Waals surface area contributed by atoms with Crippen LogP contribution >= 0.6 is 0 Å². The molecule has 1 aliphatic heterocycles. The molecule has 0 radical (unpaired) electrons. The Morgan fingerprint density at radius 1 is 1.50 bits per heavy atom. The third-order valence-electron chi connectivity index (χ3n) is 1.64. The number of hydrogen-bond acceptors (Lipinski definition) is 2. The van der Waals surface area contributed by atoms with E-state index in [0.29, 0.717) is 12.3 Å². The molecular formula is C7H4F5NO. The molecule has 0 aromatic heterocycles. The van der Waals surface area contributed by atoms with Crippen LogP contribution in [-0.2, 0) is 4.79 Å². The van der Waals surface area contributed by atoms with Crippen molar-refractivity contribution in [3.05, 3.63) is 12.3 Å². The van der Waals surface area contributed by atoms with Crippen LogP contribution in [0.5, 0.6) is 0 Å². The molecule has 7 heteroatoms. The fourth-order valence-corrected chi connectivity index (χ4v) is 0.907. The fraction of sp³-hybridized carbons (Fsp3) is 0.429. The molecule has 0 N–H and O–H groups in total. The molecule has 1 aliphatic rings. The molecule has 0 bridgehead atoms. The van der Waals surface area contributed by atoms with E-state index in [1.165, 1.54) is 0 Å². The van der Waals surface area contributed by atoms with Crippen LogP contribution in [0.25, 0.3) is 0 Å². The molecule has 2 unspecified atom stereocenters. The van der Waals surface area contributed by atoms with Gasteiger partial charge in [-0.2, -0.15) is 13.2 Å². The first-order valence-corrected chi connectivity index (χ1v) is 3.43. The Balaban J connectivity index is 3.08. The van der Waals surface area contributed by atoms with Gasteiger partial charge in [0.15, 0.2) is 18.2 Å². The number of carbonyl (C=O) groups is 1. The van der Waals surface area contributed by atoms with Gasteiger partial charge in [-0.15, -0.1) is 0 Å². The molecule has 1 heterocycles. The van der Waals surface area contributed by atoms with Crippen LogP contribution in [-0.4, -0.2) is 30.0 Å². The Kier molecular flexibility index (Phi) is 2.43. The molecule has 0 fully saturated rings. The molecule has 0 saturated heterocycles. The number of hydrogen-bond donors (Lipinski definition) is 0. The van der Waals surface area contributed by atoms with E-state index in [0.717, 1.165) is 0 Å². The van der Waals surface area contributed by atoms with Gasteiger partial charge in [0.05, 0.1) is 0 Å². The van der Waals surface area contributed by atoms with Gasteiger partial charge in [-0.25, -0.2) is 8.78 Å². The minimum absolute atomic E-state index is 0.347. The van der Waals surface area contributed by atoms with Crippen LogP contribution in [0.1, 0.15) is 0 Å². The summed E-state index contributed by atoms with van der Waals surface area (Å²) in [6.07, 6.45) is -7.93. The average Bonchev–Trinajstić information content (AvgIpc) is 2.08. The second-order valence-electron chi connectivity index (χ2n) is 2.64. The lowest BCUT2D eigenvalue weighted by molar-refractivity contribution is -0.118. The molecule has 0 aliphatic carbocycles. The van der Waals surface area contributed by atoms with Crippen molar-refractivity contribution < 1.29 is 26.7 Å². The number of aliphatic imine (C=N–C) groups is 1. The second-order valence-corrected chi connectivity index (χ2v) is 2.64. The third kappa shape index (κ3) is 1.66. The number of rotatable bonds is 1. The normalized spacial score (nSPS) is 32.6. The van der Waals surface area contributed by atoms with E-state index < -0.39 is 30.0 Å². The van der Waals surface area contributed by atoms with E-state index in [4.69, 9.17) is 0 Å². The Bertz CT molecular complexity index is 308. The fourth-order valence-electron chi connectivity index (χ4n) is 0.907. The number of aldehydes is 1. The minimum Gasteiger partial charge on any atom is -0.299 e. The van der Waals surface area contributed by atoms with Gasteiger partial charge >= 0.3 is 6.18 Å². The molecule has 14 heavy (non-hydrogen) atoms. The number of allylic oxidation sites excluding steroid dienone is 1. The topological polar surface area (TPSA) is 29.4 Å². The highest BCUT2D eigenvalue weighted by molar-refractivity contribution is 5.99. The summed E-state index contributed by atoms with van der Waals surface area (Å²) in [5.41, 5.74) is -5.21. The van der Waals surface area contributed by atoms with Crippen LogP contribution in [0.3, 0.4) is 0 Å². The molecule has 78 valence electrons. The quantitative estimate of drug-likeness (QED) is 0.482. The van der Waals surface area contributed by atoms with Crippen molar-refractivity contribution >= 4 is 12.0 Å². The summed E-state index contributed by atoms with van der Waals surface area (Å²) in [4.78, 5) is 12.7. The van der Waals surface area contributed by atoms with Gasteiger partial charge in [-0.3, -0.25) is 9.79 Å². The van der Waals surface area contributed by atoms with Gasteiger partial charge in [0.1, 0.15) is 0 Å². The van der Waals surface area contributed by atoms with E-state index in [9.17, 15) is 26.7 Å². The van der Waals surface area contributed by atoms with Gasteiger partial charge < -0.3 is 0 Å². The van der Waals surface area contributed by atoms with Crippen molar-refractivity contribution in [3.8, 4) is 0 Å². The van der Waals surface area contributed by atoms with E-state index in [2.05, 4.69) is 4.99 Å². The average molecular weight is 213 g/mol. The predicted octanol–water partition coefficient (Wildman–Crippen LogP) is 1.76. The highest BCUT2D eigenvalue weighted by Gasteiger charge is 2.52. The Morgan fingerprint density at radius 3 is 2.50 bits per heavy atom. The Labute approximate surface area is 75.1 Å². The number of nitrogens with zero attached hydrogens (tertiary/aromatic N) is 1. The smallest absolute Gasteiger partial charge is 0.299 e. The summed E-state index contributed by atoms with van der Waals surface area (Å²) in [7, 11) is 0. The van der Waals surface area contributed by atoms with Crippen molar-refractivity contribution in [1.82, 2.24) is 0 Å². The summed E-state index contributed by atoms with van der Waals surface area (Å²) >= 11 is 0. The zero-order chi connectivity index (χ0) is 11.0. The summed E-state index contributed by atoms with van der Waals surface area (Å²) < 4.78 is 61.9. The molecular weight excluding hydrogens is 209 g/mol. The van der Waals surface area contributed by atoms with Crippen molar-refractivity contribution in [3.63, 3.8) is 0 Å². The van der Waals surface area contributed by atoms with Crippen molar-refractivity contribution in [2.24, 2.45) is 4.99 Å². The first kappa shape index (κ1) is 10.8. The first-order chi connectivity index (χ1) is 6.31. The highest BCUT2D eigenvalue weighted by Crippen LogP contribution is 2.31. The molecule has 0 aromatic carbocycles. The maximum absolute atomic E-state index is 13.1. The van der Waals surface area contributed by atoms with Crippen LogP contribution in [0, 0.1) is 0 Å². The van der Waals surface area contributed by atoms with Crippen LogP contribution in [0.2, 0.25) is 0 Å². The van der Waals surface area contributed by atoms with Gasteiger partial charge in [0.2, 0.25) is 5.67 Å². The molecule has 0 spiro atoms. The molecule has 0 aromatic rings. The monoisotopic (exact) mass is 213 g/mol. The van der Waals surface area contributed by atoms with E-state index in [1.54, 1.807) is 0 Å². The molecule has 2 atom stereocenters. The SMILES string of the molecule is O=CC1(F)C=CN=C(C(F)(F)F)C1F. The lowest BCUT2D eigenvalue weighted by Gasteiger charge is -2.24. The Morgan fingerprint density at radius 2 is 2.07 bits per heavy atom. The largest absolute Gasteiger partial charge is 0.432 e. The predicted molar refractivity (Wildman–Crippen MR) is 37.4 cm³/mol. The zero-order valence-corrected chi connectivity index (χ0v) is 6.55. The van der Waals surface area contributed by atoms with Crippen LogP contribution in [0.4, 0.5) is 22.0 Å². The zero-order valence-electron chi connectivity index (χ0n) is 6.55. The number of carbonyl (C=O) groups excluding carboxylic acids is 1. The highest BCUT2D eigenvalue weighted by atomic mass is 19.4. The van der Waals surface area contributed by atoms with Crippen molar-refractivity contribution in [1.29, 1.82) is 0 Å². The first-order valence-electron chi connectivity index (χ1n) is 3.43. The maximum Gasteiger partial charge on any atom is 0.432 e. The summed E-state index contributed by atoms with van der Waals surface area (Å²) in [6.45, 7) is 0. The molecule has 2 nitrogen and oxygen atoms in total. The lowest BCUT2D eigenvalue weighted by atomic mass is 9.95. The second kappa shape index (κ2) is 3.14. The van der Waals surface area contributed by atoms with Crippen LogP contribution < -0.4 is 0 Å². The number of alkyl halides is 5. The minimum atomic E-state index is -5.08. The van der Waals surface area contributed by atoms with E-state index in [1.807, 2.05) is 0 Å². The standard InChI is InChI=1S/C7H4F5NO/c8-4-5(7(10,11)12)13-2-1-6(4,9)3-14/h1-4H. The van der Waals surface area contributed by atoms with Gasteiger partial charge in [0.25, 0.3) is 0 Å². The molecule has 0 amide bonds. The lowest BCUT2D eigenvalue weighted by Crippen LogP contribution is -2.47. The Hall–Kier alpha value is -1.27. The van der Waals surface area contributed by atoms with Gasteiger partial charge in [0, 0.05) is 6.20 Å². The third-order valence-corrected chi connectivity index (χ3v) is 1.64. The van der Waals surface area contributed by atoms with Gasteiger partial charge in [-0.05, 0) is 6.08 Å². The van der Waals surface area contributed by atoms with E-state index >= 15 is 0 Å². The van der Waals surface area contributed by atoms with Crippen molar-refractivity contribution in [2.75, 3.05) is 0 Å². The molecule has 0 saturated carbocycles. The summed E-state index contributed by atoms with van der Waals surface area (Å²) in [6, 6.07) is 0. The van der Waals surface area contributed by atoms with Crippen molar-refractivity contribution in [2.45, 2.75) is 18.0 Å². The summed E-state index contributed by atoms with van der Waals surface area (Å²) in [5.74, 6) is 0. The van der Waals surface area contributed by atoms with Gasteiger partial charge in [-0.1, -0.05) is 0 Å². The van der Waals surface area contributed by atoms with Crippen LogP contribution in [0.15, 0.2) is 17.3 Å². The summed E-state index contributed by atoms with van der Waals surface area (Å²) in [5, 5.41) is 0. The number of halogens is 5. The maximum atomic E-state index is 13.1. The molecule has 1 rings (SSSR count).